The summed E-state index contributed by atoms with van der Waals surface area (Å²) in [6, 6.07) is 0. The summed E-state index contributed by atoms with van der Waals surface area (Å²) in [4.78, 5) is 20.4. The van der Waals surface area contributed by atoms with Crippen LogP contribution in [0.1, 0.15) is 61.4 Å². The molecule has 0 unspecified atom stereocenters. The first-order chi connectivity index (χ1) is 8.45. The van der Waals surface area contributed by atoms with E-state index < -0.39 is 0 Å². The van der Waals surface area contributed by atoms with Gasteiger partial charge in [0.1, 0.15) is 11.5 Å². The number of carbonyl (C=O) groups excluding carboxylic acids is 1. The molecule has 0 radical (unpaired) electrons. The molecule has 0 aliphatic rings. The van der Waals surface area contributed by atoms with E-state index in [0.717, 1.165) is 28.8 Å². The largest absolute Gasteiger partial charge is 0.335 e. The van der Waals surface area contributed by atoms with Gasteiger partial charge in [-0.1, -0.05) is 27.7 Å². The minimum absolute atomic E-state index is 0.272. The molecule has 0 N–H and O–H groups in total. The average Bonchev–Trinajstić information content (AvgIpc) is 2.65. The van der Waals surface area contributed by atoms with Gasteiger partial charge in [0.25, 0.3) is 0 Å². The van der Waals surface area contributed by atoms with Gasteiger partial charge in [-0.3, -0.25) is 4.79 Å². The van der Waals surface area contributed by atoms with Gasteiger partial charge in [-0.05, 0) is 5.92 Å². The predicted molar refractivity (Wildman–Crippen MR) is 72.1 cm³/mol. The number of rotatable bonds is 3. The number of aldehydes is 1. The van der Waals surface area contributed by atoms with Crippen LogP contribution >= 0.6 is 0 Å². The second kappa shape index (κ2) is 4.52. The molecule has 0 aromatic carbocycles. The van der Waals surface area contributed by atoms with Crippen LogP contribution in [-0.2, 0) is 7.05 Å². The summed E-state index contributed by atoms with van der Waals surface area (Å²) in [7, 11) is 1.91. The highest BCUT2D eigenvalue weighted by Crippen LogP contribution is 2.27. The van der Waals surface area contributed by atoms with Crippen LogP contribution in [0.3, 0.4) is 0 Å². The zero-order valence-corrected chi connectivity index (χ0v) is 11.6. The Hall–Kier alpha value is -1.71. The monoisotopic (exact) mass is 245 g/mol. The molecule has 0 saturated heterocycles. The SMILES string of the molecule is CC(C)c1nc(C(C)C)c2c(C=O)cn(C)c2n1. The second-order valence-corrected chi connectivity index (χ2v) is 5.29. The maximum absolute atomic E-state index is 11.2. The molecule has 0 saturated carbocycles. The maximum Gasteiger partial charge on any atom is 0.152 e. The lowest BCUT2D eigenvalue weighted by Gasteiger charge is -2.11. The highest BCUT2D eigenvalue weighted by Gasteiger charge is 2.18. The molecule has 4 heteroatoms. The first-order valence-corrected chi connectivity index (χ1v) is 6.27. The fourth-order valence-corrected chi connectivity index (χ4v) is 2.12. The van der Waals surface area contributed by atoms with Gasteiger partial charge in [-0.15, -0.1) is 0 Å². The smallest absolute Gasteiger partial charge is 0.152 e. The van der Waals surface area contributed by atoms with Crippen molar-refractivity contribution in [2.75, 3.05) is 0 Å². The molecule has 0 bridgehead atoms. The number of hydrogen-bond acceptors (Lipinski definition) is 3. The lowest BCUT2D eigenvalue weighted by atomic mass is 10.0. The van der Waals surface area contributed by atoms with Gasteiger partial charge in [0, 0.05) is 24.7 Å². The lowest BCUT2D eigenvalue weighted by molar-refractivity contribution is 0.112. The molecule has 0 amide bonds. The van der Waals surface area contributed by atoms with Crippen molar-refractivity contribution in [1.29, 1.82) is 0 Å². The summed E-state index contributed by atoms with van der Waals surface area (Å²) in [5, 5.41) is 0.895. The first kappa shape index (κ1) is 12.7. The topological polar surface area (TPSA) is 47.8 Å². The number of aromatic nitrogens is 3. The van der Waals surface area contributed by atoms with Gasteiger partial charge in [0.2, 0.25) is 0 Å². The van der Waals surface area contributed by atoms with E-state index in [9.17, 15) is 4.79 Å². The van der Waals surface area contributed by atoms with Crippen LogP contribution in [0.2, 0.25) is 0 Å². The van der Waals surface area contributed by atoms with Crippen molar-refractivity contribution >= 4 is 17.3 Å². The van der Waals surface area contributed by atoms with E-state index in [1.165, 1.54) is 0 Å². The number of carbonyl (C=O) groups is 1. The Bertz CT molecular complexity index is 597. The van der Waals surface area contributed by atoms with Crippen molar-refractivity contribution in [3.8, 4) is 0 Å². The van der Waals surface area contributed by atoms with E-state index in [0.29, 0.717) is 5.56 Å². The van der Waals surface area contributed by atoms with Gasteiger partial charge >= 0.3 is 0 Å². The molecular formula is C14H19N3O. The summed E-state index contributed by atoms with van der Waals surface area (Å²) in [6.07, 6.45) is 2.70. The third-order valence-electron chi connectivity index (χ3n) is 3.08. The average molecular weight is 245 g/mol. The van der Waals surface area contributed by atoms with Crippen molar-refractivity contribution in [3.05, 3.63) is 23.3 Å². The molecule has 2 heterocycles. The van der Waals surface area contributed by atoms with E-state index in [2.05, 4.69) is 37.7 Å². The molecule has 0 aliphatic heterocycles. The van der Waals surface area contributed by atoms with E-state index in [1.807, 2.05) is 17.8 Å². The van der Waals surface area contributed by atoms with Crippen molar-refractivity contribution in [1.82, 2.24) is 14.5 Å². The van der Waals surface area contributed by atoms with Crippen LogP contribution in [0.25, 0.3) is 11.0 Å². The van der Waals surface area contributed by atoms with E-state index in [-0.39, 0.29) is 11.8 Å². The molecule has 2 aromatic heterocycles. The van der Waals surface area contributed by atoms with Crippen molar-refractivity contribution < 1.29 is 4.79 Å². The highest BCUT2D eigenvalue weighted by atomic mass is 16.1. The second-order valence-electron chi connectivity index (χ2n) is 5.29. The quantitative estimate of drug-likeness (QED) is 0.781. The summed E-state index contributed by atoms with van der Waals surface area (Å²) < 4.78 is 1.90. The zero-order chi connectivity index (χ0) is 13.4. The highest BCUT2D eigenvalue weighted by molar-refractivity contribution is 5.97. The number of aryl methyl sites for hydroxylation is 1. The Balaban J connectivity index is 2.87. The van der Waals surface area contributed by atoms with Gasteiger partial charge in [0.05, 0.1) is 11.1 Å². The summed E-state index contributed by atoms with van der Waals surface area (Å²) in [6.45, 7) is 8.34. The summed E-state index contributed by atoms with van der Waals surface area (Å²) in [5.74, 6) is 1.39. The molecule has 96 valence electrons. The van der Waals surface area contributed by atoms with Crippen molar-refractivity contribution in [3.63, 3.8) is 0 Å². The molecule has 2 rings (SSSR count). The number of hydrogen-bond donors (Lipinski definition) is 0. The fourth-order valence-electron chi connectivity index (χ4n) is 2.12. The Kier molecular flexibility index (Phi) is 3.20. The number of nitrogens with zero attached hydrogens (tertiary/aromatic N) is 3. The Morgan fingerprint density at radius 1 is 1.17 bits per heavy atom. The van der Waals surface area contributed by atoms with Crippen LogP contribution in [0.5, 0.6) is 0 Å². The van der Waals surface area contributed by atoms with E-state index in [4.69, 9.17) is 0 Å². The van der Waals surface area contributed by atoms with Crippen LogP contribution in [0.15, 0.2) is 6.20 Å². The minimum atomic E-state index is 0.272. The standard InChI is InChI=1S/C14H19N3O/c1-8(2)12-11-10(7-18)6-17(5)14(11)16-13(15-12)9(3)4/h6-9H,1-5H3. The zero-order valence-electron chi connectivity index (χ0n) is 11.6. The van der Waals surface area contributed by atoms with Crippen molar-refractivity contribution in [2.24, 2.45) is 7.05 Å². The van der Waals surface area contributed by atoms with Crippen LogP contribution < -0.4 is 0 Å². The predicted octanol–water partition coefficient (Wildman–Crippen LogP) is 3.03. The van der Waals surface area contributed by atoms with Gasteiger partial charge in [0.15, 0.2) is 6.29 Å². The Labute approximate surface area is 107 Å². The molecule has 18 heavy (non-hydrogen) atoms. The fraction of sp³-hybridized carbons (Fsp3) is 0.500. The van der Waals surface area contributed by atoms with Crippen LogP contribution in [0, 0.1) is 0 Å². The summed E-state index contributed by atoms with van der Waals surface area (Å²) >= 11 is 0. The van der Waals surface area contributed by atoms with Crippen LogP contribution in [0.4, 0.5) is 0 Å². The molecule has 0 spiro atoms. The molecule has 0 fully saturated rings. The molecule has 2 aromatic rings. The number of fused-ring (bicyclic) bond motifs is 1. The van der Waals surface area contributed by atoms with Gasteiger partial charge in [-0.2, -0.15) is 0 Å². The summed E-state index contributed by atoms with van der Waals surface area (Å²) in [5.41, 5.74) is 2.48. The van der Waals surface area contributed by atoms with E-state index in [1.54, 1.807) is 0 Å². The molecule has 0 aliphatic carbocycles. The Morgan fingerprint density at radius 3 is 2.33 bits per heavy atom. The van der Waals surface area contributed by atoms with Gasteiger partial charge < -0.3 is 4.57 Å². The van der Waals surface area contributed by atoms with Crippen LogP contribution in [-0.4, -0.2) is 20.8 Å². The first-order valence-electron chi connectivity index (χ1n) is 6.27. The lowest BCUT2D eigenvalue weighted by Crippen LogP contribution is -2.05. The normalized spacial score (nSPS) is 11.7. The van der Waals surface area contributed by atoms with Crippen molar-refractivity contribution in [2.45, 2.75) is 39.5 Å². The third kappa shape index (κ3) is 1.92. The van der Waals surface area contributed by atoms with Gasteiger partial charge in [-0.25, -0.2) is 9.97 Å². The third-order valence-corrected chi connectivity index (χ3v) is 3.08. The van der Waals surface area contributed by atoms with E-state index >= 15 is 0 Å². The molecular weight excluding hydrogens is 226 g/mol. The maximum atomic E-state index is 11.2. The Morgan fingerprint density at radius 2 is 1.83 bits per heavy atom. The minimum Gasteiger partial charge on any atom is -0.335 e. The molecule has 4 nitrogen and oxygen atoms in total. The molecule has 0 atom stereocenters.